The van der Waals surface area contributed by atoms with Crippen molar-refractivity contribution in [2.24, 2.45) is 0 Å². The third-order valence-corrected chi connectivity index (χ3v) is 1.79. The highest BCUT2D eigenvalue weighted by molar-refractivity contribution is 7.59. The average molecular weight is 182 g/mol. The van der Waals surface area contributed by atoms with Gasteiger partial charge in [-0.05, 0) is 24.5 Å². The van der Waals surface area contributed by atoms with Crippen molar-refractivity contribution in [3.05, 3.63) is 29.8 Å². The molecule has 0 bridgehead atoms. The van der Waals surface area contributed by atoms with Crippen molar-refractivity contribution in [1.82, 2.24) is 0 Å². The zero-order valence-electron chi connectivity index (χ0n) is 7.29. The Bertz CT molecular complexity index is 223. The van der Waals surface area contributed by atoms with Gasteiger partial charge in [-0.3, -0.25) is 0 Å². The number of hydrogen-bond donors (Lipinski definition) is 1. The lowest BCUT2D eigenvalue weighted by atomic mass is 10.1. The van der Waals surface area contributed by atoms with Crippen molar-refractivity contribution in [3.63, 3.8) is 0 Å². The van der Waals surface area contributed by atoms with Gasteiger partial charge in [0.1, 0.15) is 5.75 Å². The second-order valence-electron chi connectivity index (χ2n) is 2.73. The zero-order chi connectivity index (χ0) is 8.10. The molecule has 0 aromatic heterocycles. The lowest BCUT2D eigenvalue weighted by molar-refractivity contribution is 0.467. The van der Waals surface area contributed by atoms with Crippen LogP contribution in [0, 0.1) is 0 Å². The smallest absolute Gasteiger partial charge is 0.118 e. The molecule has 1 N–H and O–H groups in total. The van der Waals surface area contributed by atoms with Gasteiger partial charge in [0.15, 0.2) is 0 Å². The van der Waals surface area contributed by atoms with Crippen LogP contribution >= 0.6 is 13.5 Å². The van der Waals surface area contributed by atoms with Crippen molar-refractivity contribution in [1.29, 1.82) is 0 Å². The number of phenols is 1. The van der Waals surface area contributed by atoms with Gasteiger partial charge in [0.05, 0.1) is 0 Å². The van der Waals surface area contributed by atoms with Crippen LogP contribution < -0.4 is 0 Å². The van der Waals surface area contributed by atoms with Gasteiger partial charge < -0.3 is 5.11 Å². The molecule has 0 spiro atoms. The van der Waals surface area contributed by atoms with E-state index in [4.69, 9.17) is 0 Å². The molecule has 1 aromatic carbocycles. The summed E-state index contributed by atoms with van der Waals surface area (Å²) in [6, 6.07) is 7.53. The number of para-hydroxylation sites is 1. The summed E-state index contributed by atoms with van der Waals surface area (Å²) in [6.45, 7) is 2.15. The fourth-order valence-corrected chi connectivity index (χ4v) is 1.09. The van der Waals surface area contributed by atoms with Gasteiger partial charge in [0.25, 0.3) is 0 Å². The fraction of sp³-hybridized carbons (Fsp3) is 0.400. The quantitative estimate of drug-likeness (QED) is 0.759. The fourth-order valence-electron chi connectivity index (χ4n) is 1.09. The standard InChI is InChI=1S/C10H14O.S/c1-2-3-6-9-7-4-5-8-10(9)11;/h4-5,7-8,11H,2-3,6H2,1H3;. The van der Waals surface area contributed by atoms with Crippen LogP contribution in [0.15, 0.2) is 24.3 Å². The highest BCUT2D eigenvalue weighted by atomic mass is 32.1. The Morgan fingerprint density at radius 1 is 1.25 bits per heavy atom. The molecular formula is C10H14OS. The van der Waals surface area contributed by atoms with E-state index in [0.29, 0.717) is 5.75 Å². The van der Waals surface area contributed by atoms with E-state index in [1.807, 2.05) is 18.2 Å². The van der Waals surface area contributed by atoms with E-state index >= 15 is 0 Å². The molecule has 1 nitrogen and oxygen atoms in total. The summed E-state index contributed by atoms with van der Waals surface area (Å²) in [5.74, 6) is 0.431. The van der Waals surface area contributed by atoms with Crippen LogP contribution in [0.2, 0.25) is 0 Å². The minimum absolute atomic E-state index is 0. The van der Waals surface area contributed by atoms with Gasteiger partial charge in [-0.1, -0.05) is 31.5 Å². The number of aryl methyl sites for hydroxylation is 1. The van der Waals surface area contributed by atoms with Crippen LogP contribution in [0.1, 0.15) is 25.3 Å². The first kappa shape index (κ1) is 11.4. The minimum atomic E-state index is 0. The maximum Gasteiger partial charge on any atom is 0.118 e. The molecule has 2 heteroatoms. The first-order valence-electron chi connectivity index (χ1n) is 4.11. The Labute approximate surface area is 80.9 Å². The summed E-state index contributed by atoms with van der Waals surface area (Å²) in [7, 11) is 0. The molecule has 0 amide bonds. The molecule has 12 heavy (non-hydrogen) atoms. The van der Waals surface area contributed by atoms with Gasteiger partial charge in [-0.25, -0.2) is 0 Å². The van der Waals surface area contributed by atoms with Crippen LogP contribution in [0.3, 0.4) is 0 Å². The van der Waals surface area contributed by atoms with E-state index in [0.717, 1.165) is 18.4 Å². The van der Waals surface area contributed by atoms with E-state index in [2.05, 4.69) is 6.92 Å². The number of rotatable bonds is 3. The molecule has 0 saturated carbocycles. The molecule has 0 fully saturated rings. The van der Waals surface area contributed by atoms with Gasteiger partial charge in [-0.2, -0.15) is 0 Å². The number of hydrogen-bond acceptors (Lipinski definition) is 1. The van der Waals surface area contributed by atoms with Crippen molar-refractivity contribution < 1.29 is 5.11 Å². The molecule has 1 rings (SSSR count). The number of unbranched alkanes of at least 4 members (excludes halogenated alkanes) is 1. The second-order valence-corrected chi connectivity index (χ2v) is 2.73. The van der Waals surface area contributed by atoms with Crippen LogP contribution in [0.5, 0.6) is 5.75 Å². The maximum absolute atomic E-state index is 9.34. The third-order valence-electron chi connectivity index (χ3n) is 1.79. The van der Waals surface area contributed by atoms with Crippen molar-refractivity contribution in [2.75, 3.05) is 0 Å². The van der Waals surface area contributed by atoms with Crippen LogP contribution in [0.4, 0.5) is 0 Å². The Balaban J connectivity index is 0.00000121. The number of phenolic OH excluding ortho intramolecular Hbond substituents is 1. The molecule has 0 heterocycles. The predicted molar refractivity (Wildman–Crippen MR) is 54.3 cm³/mol. The normalized spacial score (nSPS) is 9.08. The largest absolute Gasteiger partial charge is 0.508 e. The van der Waals surface area contributed by atoms with Gasteiger partial charge in [-0.15, -0.1) is 0 Å². The van der Waals surface area contributed by atoms with Gasteiger partial charge >= 0.3 is 0 Å². The highest BCUT2D eigenvalue weighted by Crippen LogP contribution is 2.17. The van der Waals surface area contributed by atoms with E-state index in [9.17, 15) is 5.11 Å². The Morgan fingerprint density at radius 3 is 2.50 bits per heavy atom. The minimum Gasteiger partial charge on any atom is -0.508 e. The monoisotopic (exact) mass is 182 g/mol. The van der Waals surface area contributed by atoms with E-state index in [1.54, 1.807) is 6.07 Å². The topological polar surface area (TPSA) is 20.2 Å². The molecule has 0 aliphatic heterocycles. The summed E-state index contributed by atoms with van der Waals surface area (Å²) in [5, 5.41) is 9.34. The summed E-state index contributed by atoms with van der Waals surface area (Å²) < 4.78 is 0. The molecule has 0 aliphatic rings. The van der Waals surface area contributed by atoms with Gasteiger partial charge in [0.2, 0.25) is 0 Å². The molecule has 0 aliphatic carbocycles. The summed E-state index contributed by atoms with van der Waals surface area (Å²) in [4.78, 5) is 0. The van der Waals surface area contributed by atoms with Crippen LogP contribution in [-0.2, 0) is 6.42 Å². The molecular weight excluding hydrogens is 168 g/mol. The second kappa shape index (κ2) is 5.95. The number of aromatic hydroxyl groups is 1. The lowest BCUT2D eigenvalue weighted by Gasteiger charge is -2.01. The molecule has 1 aromatic rings. The molecule has 0 saturated heterocycles. The van der Waals surface area contributed by atoms with Crippen LogP contribution in [-0.4, -0.2) is 5.11 Å². The highest BCUT2D eigenvalue weighted by Gasteiger charge is 1.96. The van der Waals surface area contributed by atoms with Crippen molar-refractivity contribution >= 4 is 13.5 Å². The summed E-state index contributed by atoms with van der Waals surface area (Å²) in [6.07, 6.45) is 3.31. The molecule has 2 radical (unpaired) electrons. The zero-order valence-corrected chi connectivity index (χ0v) is 8.10. The first-order valence-corrected chi connectivity index (χ1v) is 4.11. The number of benzene rings is 1. The predicted octanol–water partition coefficient (Wildman–Crippen LogP) is 3.38. The van der Waals surface area contributed by atoms with E-state index < -0.39 is 0 Å². The van der Waals surface area contributed by atoms with Crippen molar-refractivity contribution in [2.45, 2.75) is 26.2 Å². The Morgan fingerprint density at radius 2 is 1.92 bits per heavy atom. The molecule has 0 atom stereocenters. The Kier molecular flexibility index (Phi) is 5.64. The maximum atomic E-state index is 9.34. The van der Waals surface area contributed by atoms with Crippen LogP contribution in [0.25, 0.3) is 0 Å². The summed E-state index contributed by atoms with van der Waals surface area (Å²) >= 11 is 0. The molecule has 66 valence electrons. The Hall–Kier alpha value is -0.630. The lowest BCUT2D eigenvalue weighted by Crippen LogP contribution is -1.83. The first-order chi connectivity index (χ1) is 5.34. The molecule has 0 unspecified atom stereocenters. The SMILES string of the molecule is CCCCc1ccccc1O.[S]. The van der Waals surface area contributed by atoms with Crippen molar-refractivity contribution in [3.8, 4) is 5.75 Å². The average Bonchev–Trinajstić information content (AvgIpc) is 2.03. The summed E-state index contributed by atoms with van der Waals surface area (Å²) in [5.41, 5.74) is 1.06. The van der Waals surface area contributed by atoms with E-state index in [-0.39, 0.29) is 13.5 Å². The van der Waals surface area contributed by atoms with E-state index in [1.165, 1.54) is 6.42 Å². The van der Waals surface area contributed by atoms with Gasteiger partial charge in [0, 0.05) is 13.5 Å². The third kappa shape index (κ3) is 3.18.